The highest BCUT2D eigenvalue weighted by Crippen LogP contribution is 2.43. The molecule has 1 amide bonds. The molecule has 0 atom stereocenters. The van der Waals surface area contributed by atoms with Crippen LogP contribution in [-0.2, 0) is 9.59 Å². The molecule has 168 valence electrons. The van der Waals surface area contributed by atoms with E-state index in [2.05, 4.69) is 19.2 Å². The van der Waals surface area contributed by atoms with E-state index in [1.807, 2.05) is 12.5 Å². The third-order valence-electron chi connectivity index (χ3n) is 6.04. The van der Waals surface area contributed by atoms with Gasteiger partial charge < -0.3 is 10.1 Å². The number of anilines is 1. The van der Waals surface area contributed by atoms with Crippen molar-refractivity contribution in [3.8, 4) is 5.75 Å². The summed E-state index contributed by atoms with van der Waals surface area (Å²) in [7, 11) is 0. The number of thioether (sulfide) groups is 2. The highest BCUT2D eigenvalue weighted by atomic mass is 32.2. The van der Waals surface area contributed by atoms with Crippen molar-refractivity contribution in [3.05, 3.63) is 24.0 Å². The number of esters is 1. The fourth-order valence-corrected chi connectivity index (χ4v) is 4.85. The minimum Gasteiger partial charge on any atom is -0.423 e. The second-order valence-electron chi connectivity index (χ2n) is 8.61. The fourth-order valence-electron chi connectivity index (χ4n) is 3.77. The molecule has 30 heavy (non-hydrogen) atoms. The first-order valence-electron chi connectivity index (χ1n) is 10.6. The molecular formula is C23H34FNO3S2. The Morgan fingerprint density at radius 1 is 1.20 bits per heavy atom. The summed E-state index contributed by atoms with van der Waals surface area (Å²) in [6.07, 6.45) is 10.4. The van der Waals surface area contributed by atoms with Gasteiger partial charge in [0.15, 0.2) is 9.83 Å². The van der Waals surface area contributed by atoms with Crippen LogP contribution in [0.4, 0.5) is 10.1 Å². The van der Waals surface area contributed by atoms with Crippen LogP contribution in [0.2, 0.25) is 0 Å². The van der Waals surface area contributed by atoms with Gasteiger partial charge in [-0.15, -0.1) is 23.5 Å². The molecule has 7 heteroatoms. The van der Waals surface area contributed by atoms with Gasteiger partial charge in [0.05, 0.1) is 5.69 Å². The first-order chi connectivity index (χ1) is 14.2. The third kappa shape index (κ3) is 6.16. The number of nitrogens with one attached hydrogen (secondary N) is 1. The number of carbonyl (C=O) groups excluding carboxylic acids is 2. The maximum Gasteiger partial charge on any atom is 0.337 e. The average molecular weight is 456 g/mol. The minimum atomic E-state index is -0.810. The summed E-state index contributed by atoms with van der Waals surface area (Å²) >= 11 is 2.72. The Morgan fingerprint density at radius 2 is 1.83 bits per heavy atom. The molecule has 0 aromatic heterocycles. The first kappa shape index (κ1) is 25.1. The largest absolute Gasteiger partial charge is 0.423 e. The lowest BCUT2D eigenvalue weighted by Gasteiger charge is -2.36. The molecule has 2 rings (SSSR count). The van der Waals surface area contributed by atoms with E-state index in [4.69, 9.17) is 4.74 Å². The lowest BCUT2D eigenvalue weighted by atomic mass is 9.69. The van der Waals surface area contributed by atoms with Crippen LogP contribution in [0.3, 0.4) is 0 Å². The van der Waals surface area contributed by atoms with Gasteiger partial charge in [-0.05, 0) is 63.2 Å². The summed E-state index contributed by atoms with van der Waals surface area (Å²) in [5.41, 5.74) is -0.0700. The van der Waals surface area contributed by atoms with Crippen molar-refractivity contribution in [2.24, 2.45) is 11.3 Å². The molecule has 0 aliphatic heterocycles. The van der Waals surface area contributed by atoms with Crippen LogP contribution in [-0.4, -0.2) is 28.5 Å². The molecule has 1 aromatic carbocycles. The van der Waals surface area contributed by atoms with E-state index in [0.717, 1.165) is 51.0 Å². The molecule has 0 bridgehead atoms. The lowest BCUT2D eigenvalue weighted by Crippen LogP contribution is -2.38. The van der Waals surface area contributed by atoms with Gasteiger partial charge in [-0.25, -0.2) is 9.18 Å². The molecule has 1 saturated carbocycles. The normalized spacial score (nSPS) is 16.4. The predicted molar refractivity (Wildman–Crippen MR) is 126 cm³/mol. The van der Waals surface area contributed by atoms with E-state index in [0.29, 0.717) is 11.6 Å². The van der Waals surface area contributed by atoms with Crippen LogP contribution in [0.15, 0.2) is 18.2 Å². The second-order valence-corrected chi connectivity index (χ2v) is 11.3. The van der Waals surface area contributed by atoms with Crippen LogP contribution in [0.25, 0.3) is 0 Å². The molecular weight excluding hydrogens is 421 g/mol. The number of hydrogen-bond donors (Lipinski definition) is 1. The Morgan fingerprint density at radius 3 is 2.40 bits per heavy atom. The maximum absolute atomic E-state index is 13.9. The zero-order valence-electron chi connectivity index (χ0n) is 18.7. The quantitative estimate of drug-likeness (QED) is 0.262. The van der Waals surface area contributed by atoms with E-state index in [-0.39, 0.29) is 11.7 Å². The molecule has 1 aliphatic rings. The number of amides is 1. The summed E-state index contributed by atoms with van der Waals surface area (Å²) in [4.78, 5) is 26.1. The smallest absolute Gasteiger partial charge is 0.337 e. The monoisotopic (exact) mass is 455 g/mol. The van der Waals surface area contributed by atoms with E-state index in [9.17, 15) is 14.0 Å². The Hall–Kier alpha value is -1.21. The number of benzene rings is 1. The summed E-state index contributed by atoms with van der Waals surface area (Å²) in [5, 5.41) is 2.97. The van der Waals surface area contributed by atoms with E-state index in [1.165, 1.54) is 35.7 Å². The van der Waals surface area contributed by atoms with Gasteiger partial charge in [-0.2, -0.15) is 0 Å². The average Bonchev–Trinajstić information content (AvgIpc) is 2.74. The lowest BCUT2D eigenvalue weighted by molar-refractivity contribution is -0.134. The maximum atomic E-state index is 13.9. The molecule has 0 spiro atoms. The standard InChI is InChI=1S/C23H34FNO3S2/c1-16(2)11-14-23(12-7-6-8-13-23)20(26)25-18-10-9-17(24)15-19(18)28-21(27)22(3,29-4)30-5/h9-10,15-16H,6-8,11-14H2,1-5H3,(H,25,26). The number of ether oxygens (including phenoxy) is 1. The van der Waals surface area contributed by atoms with Gasteiger partial charge in [-0.1, -0.05) is 33.1 Å². The van der Waals surface area contributed by atoms with Crippen molar-refractivity contribution in [2.45, 2.75) is 69.8 Å². The summed E-state index contributed by atoms with van der Waals surface area (Å²) in [6, 6.07) is 3.91. The molecule has 1 aromatic rings. The molecule has 1 fully saturated rings. The van der Waals surface area contributed by atoms with Crippen molar-refractivity contribution in [2.75, 3.05) is 17.8 Å². The van der Waals surface area contributed by atoms with Crippen LogP contribution in [0.1, 0.15) is 65.7 Å². The van der Waals surface area contributed by atoms with Gasteiger partial charge in [0.25, 0.3) is 0 Å². The molecule has 0 unspecified atom stereocenters. The summed E-state index contributed by atoms with van der Waals surface area (Å²) in [5.74, 6) is -0.467. The fraction of sp³-hybridized carbons (Fsp3) is 0.652. The third-order valence-corrected chi connectivity index (χ3v) is 8.93. The van der Waals surface area contributed by atoms with Crippen molar-refractivity contribution < 1.29 is 18.7 Å². The van der Waals surface area contributed by atoms with Crippen molar-refractivity contribution in [3.63, 3.8) is 0 Å². The first-order valence-corrected chi connectivity index (χ1v) is 13.0. The van der Waals surface area contributed by atoms with Gasteiger partial charge in [0, 0.05) is 11.5 Å². The minimum absolute atomic E-state index is 0.0516. The predicted octanol–water partition coefficient (Wildman–Crippen LogP) is 6.50. The Kier molecular flexibility index (Phi) is 9.10. The topological polar surface area (TPSA) is 55.4 Å². The van der Waals surface area contributed by atoms with E-state index in [1.54, 1.807) is 6.92 Å². The van der Waals surface area contributed by atoms with E-state index < -0.39 is 21.3 Å². The Balaban J connectivity index is 2.26. The van der Waals surface area contributed by atoms with Crippen LogP contribution >= 0.6 is 23.5 Å². The number of rotatable bonds is 9. The molecule has 4 nitrogen and oxygen atoms in total. The number of hydrogen-bond acceptors (Lipinski definition) is 5. The zero-order chi connectivity index (χ0) is 22.4. The molecule has 1 aliphatic carbocycles. The van der Waals surface area contributed by atoms with Gasteiger partial charge >= 0.3 is 5.97 Å². The zero-order valence-corrected chi connectivity index (χ0v) is 20.3. The molecule has 1 N–H and O–H groups in total. The number of carbonyl (C=O) groups is 2. The van der Waals surface area contributed by atoms with Crippen LogP contribution in [0.5, 0.6) is 5.75 Å². The van der Waals surface area contributed by atoms with E-state index >= 15 is 0 Å². The SMILES string of the molecule is CSC(C)(SC)C(=O)Oc1cc(F)ccc1NC(=O)C1(CCC(C)C)CCCCC1. The van der Waals surface area contributed by atoms with Gasteiger partial charge in [0.2, 0.25) is 5.91 Å². The molecule has 0 radical (unpaired) electrons. The van der Waals surface area contributed by atoms with Gasteiger partial charge in [0.1, 0.15) is 5.82 Å². The molecule has 0 saturated heterocycles. The summed E-state index contributed by atoms with van der Waals surface area (Å²) in [6.45, 7) is 6.10. The summed E-state index contributed by atoms with van der Waals surface area (Å²) < 4.78 is 18.7. The second kappa shape index (κ2) is 10.9. The van der Waals surface area contributed by atoms with Crippen molar-refractivity contribution >= 4 is 41.1 Å². The Labute approximate surface area is 188 Å². The highest BCUT2D eigenvalue weighted by Gasteiger charge is 2.40. The van der Waals surface area contributed by atoms with Gasteiger partial charge in [-0.3, -0.25) is 4.79 Å². The van der Waals surface area contributed by atoms with Crippen molar-refractivity contribution in [1.82, 2.24) is 0 Å². The Bertz CT molecular complexity index is 744. The van der Waals surface area contributed by atoms with Crippen LogP contribution < -0.4 is 10.1 Å². The number of halogens is 1. The highest BCUT2D eigenvalue weighted by molar-refractivity contribution is 8.18. The van der Waals surface area contributed by atoms with Crippen molar-refractivity contribution in [1.29, 1.82) is 0 Å². The van der Waals surface area contributed by atoms with Crippen LogP contribution in [0, 0.1) is 17.2 Å². The molecule has 0 heterocycles.